The third-order valence-electron chi connectivity index (χ3n) is 1.87. The summed E-state index contributed by atoms with van der Waals surface area (Å²) in [6.45, 7) is 8.22. The van der Waals surface area contributed by atoms with Crippen molar-refractivity contribution in [1.29, 1.82) is 0 Å². The molecule has 0 aliphatic heterocycles. The maximum atomic E-state index is 11.2. The third-order valence-corrected chi connectivity index (χ3v) is 1.87. The van der Waals surface area contributed by atoms with Gasteiger partial charge in [0.25, 0.3) is 0 Å². The van der Waals surface area contributed by atoms with E-state index in [1.165, 1.54) is 0 Å². The second kappa shape index (κ2) is 5.97. The normalized spacial score (nSPS) is 13.5. The van der Waals surface area contributed by atoms with Gasteiger partial charge in [-0.05, 0) is 11.8 Å². The van der Waals surface area contributed by atoms with Crippen LogP contribution in [0.25, 0.3) is 0 Å². The summed E-state index contributed by atoms with van der Waals surface area (Å²) in [6.07, 6.45) is 0.0984. The molecule has 0 heterocycles. The number of amides is 1. The van der Waals surface area contributed by atoms with Crippen molar-refractivity contribution in [3.05, 3.63) is 0 Å². The van der Waals surface area contributed by atoms with Crippen LogP contribution >= 0.6 is 0 Å². The zero-order chi connectivity index (χ0) is 10.4. The number of carbonyl (C=O) groups is 1. The molecule has 3 heteroatoms. The minimum absolute atomic E-state index is 0.0229. The van der Waals surface area contributed by atoms with Crippen molar-refractivity contribution in [2.45, 2.75) is 40.2 Å². The maximum Gasteiger partial charge on any atom is 0.220 e. The first-order valence-corrected chi connectivity index (χ1v) is 4.88. The Balaban J connectivity index is 3.58. The smallest absolute Gasteiger partial charge is 0.220 e. The summed E-state index contributed by atoms with van der Waals surface area (Å²) in [5.74, 6) is 0.588. The van der Waals surface area contributed by atoms with Crippen LogP contribution in [0.2, 0.25) is 0 Å². The Bertz CT molecular complexity index is 155. The number of hydrogen-bond donors (Lipinski definition) is 2. The number of rotatable bonds is 5. The van der Waals surface area contributed by atoms with E-state index in [4.69, 9.17) is 0 Å². The summed E-state index contributed by atoms with van der Waals surface area (Å²) in [4.78, 5) is 11.2. The van der Waals surface area contributed by atoms with Crippen LogP contribution in [0.5, 0.6) is 0 Å². The molecular formula is C10H21NO2. The molecule has 0 rings (SSSR count). The molecule has 0 aliphatic rings. The van der Waals surface area contributed by atoms with Gasteiger partial charge in [0.1, 0.15) is 0 Å². The fraction of sp³-hybridized carbons (Fsp3) is 0.900. The van der Waals surface area contributed by atoms with Crippen LogP contribution in [0.4, 0.5) is 0 Å². The average molecular weight is 187 g/mol. The Hall–Kier alpha value is -0.570. The van der Waals surface area contributed by atoms with Crippen molar-refractivity contribution < 1.29 is 9.90 Å². The van der Waals surface area contributed by atoms with E-state index in [0.29, 0.717) is 18.9 Å². The van der Waals surface area contributed by atoms with E-state index in [2.05, 4.69) is 5.32 Å². The first-order chi connectivity index (χ1) is 5.93. The molecule has 1 amide bonds. The van der Waals surface area contributed by atoms with Crippen LogP contribution in [0, 0.1) is 11.8 Å². The SMILES string of the molecule is CC(C)CC(=O)NCC(O)C(C)C. The molecule has 2 N–H and O–H groups in total. The van der Waals surface area contributed by atoms with E-state index in [9.17, 15) is 9.90 Å². The molecule has 0 aromatic carbocycles. The lowest BCUT2D eigenvalue weighted by atomic mass is 10.1. The highest BCUT2D eigenvalue weighted by Crippen LogP contribution is 2.01. The van der Waals surface area contributed by atoms with Crippen molar-refractivity contribution in [1.82, 2.24) is 5.32 Å². The largest absolute Gasteiger partial charge is 0.391 e. The van der Waals surface area contributed by atoms with Gasteiger partial charge in [-0.15, -0.1) is 0 Å². The van der Waals surface area contributed by atoms with E-state index >= 15 is 0 Å². The Kier molecular flexibility index (Phi) is 5.71. The van der Waals surface area contributed by atoms with Crippen LogP contribution in [0.1, 0.15) is 34.1 Å². The summed E-state index contributed by atoms with van der Waals surface area (Å²) in [5.41, 5.74) is 0. The van der Waals surface area contributed by atoms with E-state index in [0.717, 1.165) is 0 Å². The third kappa shape index (κ3) is 6.58. The first-order valence-electron chi connectivity index (χ1n) is 4.88. The van der Waals surface area contributed by atoms with Crippen molar-refractivity contribution >= 4 is 5.91 Å². The molecule has 0 aromatic heterocycles. The van der Waals surface area contributed by atoms with Gasteiger partial charge in [0.05, 0.1) is 6.10 Å². The van der Waals surface area contributed by atoms with E-state index in [1.807, 2.05) is 27.7 Å². The highest BCUT2D eigenvalue weighted by molar-refractivity contribution is 5.76. The molecule has 0 fully saturated rings. The summed E-state index contributed by atoms with van der Waals surface area (Å²) in [6, 6.07) is 0. The van der Waals surface area contributed by atoms with Gasteiger partial charge in [-0.25, -0.2) is 0 Å². The topological polar surface area (TPSA) is 49.3 Å². The molecule has 1 atom stereocenters. The molecular weight excluding hydrogens is 166 g/mol. The van der Waals surface area contributed by atoms with Gasteiger partial charge in [0.15, 0.2) is 0 Å². The van der Waals surface area contributed by atoms with Gasteiger partial charge >= 0.3 is 0 Å². The summed E-state index contributed by atoms with van der Waals surface area (Å²) < 4.78 is 0. The monoisotopic (exact) mass is 187 g/mol. The number of aliphatic hydroxyl groups excluding tert-OH is 1. The molecule has 1 unspecified atom stereocenters. The van der Waals surface area contributed by atoms with Gasteiger partial charge < -0.3 is 10.4 Å². The van der Waals surface area contributed by atoms with Crippen LogP contribution in [0.3, 0.4) is 0 Å². The van der Waals surface area contributed by atoms with Gasteiger partial charge in [-0.1, -0.05) is 27.7 Å². The molecule has 0 radical (unpaired) electrons. The predicted octanol–water partition coefficient (Wildman–Crippen LogP) is 1.17. The Morgan fingerprint density at radius 3 is 2.23 bits per heavy atom. The Morgan fingerprint density at radius 2 is 1.85 bits per heavy atom. The van der Waals surface area contributed by atoms with E-state index < -0.39 is 6.10 Å². The molecule has 3 nitrogen and oxygen atoms in total. The Morgan fingerprint density at radius 1 is 1.31 bits per heavy atom. The standard InChI is InChI=1S/C10H21NO2/c1-7(2)5-10(13)11-6-9(12)8(3)4/h7-9,12H,5-6H2,1-4H3,(H,11,13). The predicted molar refractivity (Wildman–Crippen MR) is 53.3 cm³/mol. The molecule has 0 aliphatic carbocycles. The van der Waals surface area contributed by atoms with E-state index in [-0.39, 0.29) is 11.8 Å². The summed E-state index contributed by atoms with van der Waals surface area (Å²) >= 11 is 0. The van der Waals surface area contributed by atoms with Gasteiger partial charge in [-0.2, -0.15) is 0 Å². The quantitative estimate of drug-likeness (QED) is 0.678. The van der Waals surface area contributed by atoms with E-state index in [1.54, 1.807) is 0 Å². The highest BCUT2D eigenvalue weighted by atomic mass is 16.3. The van der Waals surface area contributed by atoms with Crippen molar-refractivity contribution in [2.75, 3.05) is 6.54 Å². The van der Waals surface area contributed by atoms with Crippen LogP contribution in [-0.4, -0.2) is 23.7 Å². The lowest BCUT2D eigenvalue weighted by Gasteiger charge is -2.15. The van der Waals surface area contributed by atoms with Crippen molar-refractivity contribution in [2.24, 2.45) is 11.8 Å². The van der Waals surface area contributed by atoms with Crippen LogP contribution < -0.4 is 5.32 Å². The van der Waals surface area contributed by atoms with Crippen molar-refractivity contribution in [3.8, 4) is 0 Å². The molecule has 0 saturated carbocycles. The first kappa shape index (κ1) is 12.4. The zero-order valence-electron chi connectivity index (χ0n) is 9.00. The molecule has 13 heavy (non-hydrogen) atoms. The minimum Gasteiger partial charge on any atom is -0.391 e. The molecule has 0 bridgehead atoms. The number of carbonyl (C=O) groups excluding carboxylic acids is 1. The highest BCUT2D eigenvalue weighted by Gasteiger charge is 2.11. The fourth-order valence-electron chi connectivity index (χ4n) is 0.897. The number of hydrogen-bond acceptors (Lipinski definition) is 2. The summed E-state index contributed by atoms with van der Waals surface area (Å²) in [5, 5.41) is 12.1. The van der Waals surface area contributed by atoms with Crippen LogP contribution in [0.15, 0.2) is 0 Å². The summed E-state index contributed by atoms with van der Waals surface area (Å²) in [7, 11) is 0. The molecule has 78 valence electrons. The lowest BCUT2D eigenvalue weighted by molar-refractivity contribution is -0.122. The van der Waals surface area contributed by atoms with Crippen molar-refractivity contribution in [3.63, 3.8) is 0 Å². The minimum atomic E-state index is -0.434. The maximum absolute atomic E-state index is 11.2. The van der Waals surface area contributed by atoms with Gasteiger partial charge in [0, 0.05) is 13.0 Å². The second-order valence-corrected chi connectivity index (χ2v) is 4.21. The van der Waals surface area contributed by atoms with Gasteiger partial charge in [0.2, 0.25) is 5.91 Å². The fourth-order valence-corrected chi connectivity index (χ4v) is 0.897. The average Bonchev–Trinajstić information content (AvgIpc) is 1.98. The molecule has 0 saturated heterocycles. The Labute approximate surface area is 80.5 Å². The second-order valence-electron chi connectivity index (χ2n) is 4.21. The lowest BCUT2D eigenvalue weighted by Crippen LogP contribution is -2.35. The molecule has 0 aromatic rings. The number of nitrogens with one attached hydrogen (secondary N) is 1. The van der Waals surface area contributed by atoms with Crippen LogP contribution in [-0.2, 0) is 4.79 Å². The molecule has 0 spiro atoms. The number of aliphatic hydroxyl groups is 1. The zero-order valence-corrected chi connectivity index (χ0v) is 9.00. The van der Waals surface area contributed by atoms with Gasteiger partial charge in [-0.3, -0.25) is 4.79 Å².